The maximum Gasteiger partial charge on any atom is 0.201 e. The highest BCUT2D eigenvalue weighted by molar-refractivity contribution is 6.31. The van der Waals surface area contributed by atoms with Gasteiger partial charge in [-0.3, -0.25) is 0 Å². The highest BCUT2D eigenvalue weighted by Crippen LogP contribution is 2.60. The first-order chi connectivity index (χ1) is 21.7. The number of pyridine rings is 1. The standard InChI is InChI=1S/C35H46ClN3O6/c1-21-7-11-28-22(2)32(42-33-35(28)27(21)13-14-34(3,43-33)44-45-35)41-18-17-39(4)16-6-15-37-31-25-10-8-23(36)19-30(25)38-29-12-9-24(40-5)20-26(29)31/h8-10,12,19-22,27-28,32-33H,6-7,11,13-18H2,1-5H3,(H,37,38)/t21-,22-,27+,28+,32+,33-,34+,35-/m1/s1. The molecular weight excluding hydrogens is 594 g/mol. The molecule has 0 amide bonds. The normalized spacial score (nSPS) is 34.2. The minimum atomic E-state index is -0.773. The SMILES string of the molecule is COc1ccc2nc3cc(Cl)ccc3c(NCCCN(C)CCO[C@H]3O[C@@H]4O[C@]5(C)CC[C@H]6[C@H](C)CC[C@@H]([C@H]3C)[C@@]46OO5)c2c1. The van der Waals surface area contributed by atoms with Crippen LogP contribution in [0.2, 0.25) is 5.02 Å². The Hall–Kier alpha value is -2.24. The lowest BCUT2D eigenvalue weighted by molar-refractivity contribution is -0.577. The fraction of sp³-hybridized carbons (Fsp3) is 0.629. The number of fused-ring (bicyclic) bond motifs is 4. The molecule has 244 valence electrons. The molecule has 8 atom stereocenters. The quantitative estimate of drug-likeness (QED) is 0.143. The van der Waals surface area contributed by atoms with Crippen LogP contribution in [0.1, 0.15) is 52.9 Å². The van der Waals surface area contributed by atoms with Gasteiger partial charge in [-0.05, 0) is 94.4 Å². The first-order valence-corrected chi connectivity index (χ1v) is 16.9. The summed E-state index contributed by atoms with van der Waals surface area (Å²) in [6.07, 6.45) is 4.25. The van der Waals surface area contributed by atoms with Gasteiger partial charge in [0.05, 0.1) is 30.4 Å². The molecule has 1 N–H and O–H groups in total. The number of methoxy groups -OCH3 is 1. The smallest absolute Gasteiger partial charge is 0.201 e. The molecule has 4 aliphatic heterocycles. The van der Waals surface area contributed by atoms with Crippen LogP contribution in [-0.4, -0.2) is 74.3 Å². The Kier molecular flexibility index (Phi) is 8.65. The molecule has 3 aromatic rings. The molecule has 4 saturated heterocycles. The average molecular weight is 640 g/mol. The molecule has 10 heteroatoms. The van der Waals surface area contributed by atoms with Crippen molar-refractivity contribution in [2.45, 2.75) is 76.8 Å². The molecule has 5 heterocycles. The summed E-state index contributed by atoms with van der Waals surface area (Å²) in [6.45, 7) is 9.66. The Labute approximate surface area is 270 Å². The largest absolute Gasteiger partial charge is 0.497 e. The summed E-state index contributed by atoms with van der Waals surface area (Å²) in [5.41, 5.74) is 2.27. The van der Waals surface area contributed by atoms with Crippen LogP contribution in [0, 0.1) is 23.7 Å². The van der Waals surface area contributed by atoms with Crippen molar-refractivity contribution in [3.63, 3.8) is 0 Å². The average Bonchev–Trinajstić information content (AvgIpc) is 3.26. The molecule has 45 heavy (non-hydrogen) atoms. The molecule has 0 unspecified atom stereocenters. The third-order valence-corrected chi connectivity index (χ3v) is 11.0. The Morgan fingerprint density at radius 2 is 1.89 bits per heavy atom. The zero-order valence-electron chi connectivity index (χ0n) is 27.0. The Morgan fingerprint density at radius 1 is 1.02 bits per heavy atom. The topological polar surface area (TPSA) is 83.5 Å². The molecule has 1 saturated carbocycles. The molecule has 1 aliphatic carbocycles. The number of anilines is 1. The number of nitrogens with zero attached hydrogens (tertiary/aromatic N) is 2. The van der Waals surface area contributed by atoms with Gasteiger partial charge in [0.2, 0.25) is 5.79 Å². The van der Waals surface area contributed by atoms with Gasteiger partial charge >= 0.3 is 0 Å². The van der Waals surface area contributed by atoms with Crippen LogP contribution in [0.4, 0.5) is 5.69 Å². The number of benzene rings is 2. The summed E-state index contributed by atoms with van der Waals surface area (Å²) in [7, 11) is 3.82. The predicted molar refractivity (Wildman–Crippen MR) is 174 cm³/mol. The summed E-state index contributed by atoms with van der Waals surface area (Å²) in [5.74, 6) is 1.38. The predicted octanol–water partition coefficient (Wildman–Crippen LogP) is 7.01. The van der Waals surface area contributed by atoms with Gasteiger partial charge in [-0.1, -0.05) is 25.4 Å². The third kappa shape index (κ3) is 5.69. The Morgan fingerprint density at radius 3 is 2.73 bits per heavy atom. The molecule has 5 aliphatic rings. The van der Waals surface area contributed by atoms with Crippen LogP contribution in [0.15, 0.2) is 36.4 Å². The van der Waals surface area contributed by atoms with Gasteiger partial charge in [-0.2, -0.15) is 0 Å². The fourth-order valence-corrected chi connectivity index (χ4v) is 8.44. The van der Waals surface area contributed by atoms with Gasteiger partial charge < -0.3 is 29.2 Å². The van der Waals surface area contributed by atoms with E-state index in [2.05, 4.69) is 31.1 Å². The van der Waals surface area contributed by atoms with Gasteiger partial charge in [0.1, 0.15) is 5.75 Å². The van der Waals surface area contributed by atoms with E-state index in [0.717, 1.165) is 78.6 Å². The molecule has 8 rings (SSSR count). The lowest BCUT2D eigenvalue weighted by Gasteiger charge is -2.60. The molecule has 1 spiro atoms. The zero-order chi connectivity index (χ0) is 31.3. The van der Waals surface area contributed by atoms with E-state index in [1.807, 2.05) is 43.3 Å². The van der Waals surface area contributed by atoms with Crippen LogP contribution in [0.25, 0.3) is 21.8 Å². The van der Waals surface area contributed by atoms with Gasteiger partial charge in [-0.25, -0.2) is 14.8 Å². The van der Waals surface area contributed by atoms with Crippen LogP contribution >= 0.6 is 11.6 Å². The molecule has 9 nitrogen and oxygen atoms in total. The number of ether oxygens (including phenoxy) is 4. The highest BCUT2D eigenvalue weighted by atomic mass is 35.5. The summed E-state index contributed by atoms with van der Waals surface area (Å²) in [5, 5.41) is 6.44. The van der Waals surface area contributed by atoms with Crippen molar-refractivity contribution in [2.75, 3.05) is 45.7 Å². The fourth-order valence-electron chi connectivity index (χ4n) is 8.28. The van der Waals surface area contributed by atoms with Crippen molar-refractivity contribution in [3.8, 4) is 5.75 Å². The molecule has 2 aromatic carbocycles. The van der Waals surface area contributed by atoms with Crippen LogP contribution in [-0.2, 0) is 24.0 Å². The lowest BCUT2D eigenvalue weighted by Crippen LogP contribution is -2.70. The zero-order valence-corrected chi connectivity index (χ0v) is 27.8. The number of nitrogens with one attached hydrogen (secondary N) is 1. The third-order valence-electron chi connectivity index (χ3n) is 10.8. The van der Waals surface area contributed by atoms with E-state index in [9.17, 15) is 0 Å². The van der Waals surface area contributed by atoms with Crippen LogP contribution in [0.5, 0.6) is 5.75 Å². The Balaban J connectivity index is 0.945. The van der Waals surface area contributed by atoms with Crippen molar-refractivity contribution < 1.29 is 28.7 Å². The minimum Gasteiger partial charge on any atom is -0.497 e. The van der Waals surface area contributed by atoms with E-state index in [4.69, 9.17) is 45.3 Å². The van der Waals surface area contributed by atoms with Crippen molar-refractivity contribution >= 4 is 39.1 Å². The minimum absolute atomic E-state index is 0.180. The second-order valence-electron chi connectivity index (χ2n) is 13.8. The van der Waals surface area contributed by atoms with E-state index >= 15 is 0 Å². The Bertz CT molecular complexity index is 1540. The number of hydrogen-bond donors (Lipinski definition) is 1. The van der Waals surface area contributed by atoms with E-state index < -0.39 is 17.7 Å². The molecular formula is C35H46ClN3O6. The summed E-state index contributed by atoms with van der Waals surface area (Å²) in [4.78, 5) is 19.3. The van der Waals surface area contributed by atoms with E-state index in [0.29, 0.717) is 23.5 Å². The molecule has 0 radical (unpaired) electrons. The van der Waals surface area contributed by atoms with E-state index in [1.165, 1.54) is 6.42 Å². The van der Waals surface area contributed by atoms with E-state index in [-0.39, 0.29) is 18.1 Å². The van der Waals surface area contributed by atoms with Crippen molar-refractivity contribution in [3.05, 3.63) is 41.4 Å². The van der Waals surface area contributed by atoms with Gasteiger partial charge in [0.25, 0.3) is 0 Å². The summed E-state index contributed by atoms with van der Waals surface area (Å²) < 4.78 is 25.0. The van der Waals surface area contributed by atoms with Gasteiger partial charge in [0, 0.05) is 47.1 Å². The first-order valence-electron chi connectivity index (χ1n) is 16.5. The summed E-state index contributed by atoms with van der Waals surface area (Å²) in [6, 6.07) is 11.8. The molecule has 5 fully saturated rings. The second-order valence-corrected chi connectivity index (χ2v) is 14.2. The first kappa shape index (κ1) is 31.4. The monoisotopic (exact) mass is 639 g/mol. The number of likely N-dealkylation sites (N-methyl/N-ethyl adjacent to an activating group) is 1. The number of aromatic nitrogens is 1. The van der Waals surface area contributed by atoms with Gasteiger partial charge in [-0.15, -0.1) is 0 Å². The number of rotatable bonds is 10. The maximum atomic E-state index is 6.58. The van der Waals surface area contributed by atoms with E-state index in [1.54, 1.807) is 7.11 Å². The maximum absolute atomic E-state index is 6.58. The highest BCUT2D eigenvalue weighted by Gasteiger charge is 2.69. The van der Waals surface area contributed by atoms with Crippen LogP contribution in [0.3, 0.4) is 0 Å². The number of halogens is 1. The molecule has 1 aromatic heterocycles. The van der Waals surface area contributed by atoms with Crippen molar-refractivity contribution in [1.82, 2.24) is 9.88 Å². The van der Waals surface area contributed by atoms with Crippen LogP contribution < -0.4 is 10.1 Å². The molecule has 2 bridgehead atoms. The lowest BCUT2D eigenvalue weighted by atomic mass is 9.58. The summed E-state index contributed by atoms with van der Waals surface area (Å²) >= 11 is 6.29. The van der Waals surface area contributed by atoms with Gasteiger partial charge in [0.15, 0.2) is 18.2 Å². The second kappa shape index (κ2) is 12.4. The number of hydrogen-bond acceptors (Lipinski definition) is 9. The van der Waals surface area contributed by atoms with Crippen molar-refractivity contribution in [1.29, 1.82) is 0 Å². The van der Waals surface area contributed by atoms with Crippen molar-refractivity contribution in [2.24, 2.45) is 23.7 Å².